The van der Waals surface area contributed by atoms with E-state index in [0.29, 0.717) is 5.39 Å². The van der Waals surface area contributed by atoms with Gasteiger partial charge in [0.15, 0.2) is 0 Å². The second kappa shape index (κ2) is 3.56. The number of fused-ring (bicyclic) bond motifs is 1. The summed E-state index contributed by atoms with van der Waals surface area (Å²) in [5.41, 5.74) is 7.20. The summed E-state index contributed by atoms with van der Waals surface area (Å²) in [5, 5.41) is 0.624. The molecule has 0 aliphatic rings. The molecular formula is C12H11FN2O. The fourth-order valence-electron chi connectivity index (χ4n) is 1.76. The quantitative estimate of drug-likeness (QED) is 0.796. The van der Waals surface area contributed by atoms with E-state index in [0.717, 1.165) is 17.3 Å². The van der Waals surface area contributed by atoms with E-state index in [1.54, 1.807) is 13.0 Å². The fraction of sp³-hybridized carbons (Fsp3) is 0.167. The van der Waals surface area contributed by atoms with Crippen LogP contribution in [0.3, 0.4) is 0 Å². The van der Waals surface area contributed by atoms with Crippen LogP contribution in [0.4, 0.5) is 4.39 Å². The van der Waals surface area contributed by atoms with Crippen molar-refractivity contribution in [3.8, 4) is 0 Å². The molecule has 0 saturated heterocycles. The van der Waals surface area contributed by atoms with E-state index in [4.69, 9.17) is 5.73 Å². The maximum atomic E-state index is 13.7. The van der Waals surface area contributed by atoms with Gasteiger partial charge in [0.25, 0.3) is 0 Å². The van der Waals surface area contributed by atoms with Gasteiger partial charge in [0.2, 0.25) is 5.91 Å². The molecule has 2 aromatic rings. The van der Waals surface area contributed by atoms with Crippen LogP contribution in [-0.2, 0) is 0 Å². The molecule has 0 aliphatic heterocycles. The SMILES string of the molecule is Cc1cc(C)c2cc(C(N)=O)cc(F)c2n1. The van der Waals surface area contributed by atoms with E-state index in [1.807, 2.05) is 13.0 Å². The highest BCUT2D eigenvalue weighted by Gasteiger charge is 2.10. The molecule has 1 heterocycles. The molecule has 0 atom stereocenters. The molecule has 1 amide bonds. The average Bonchev–Trinajstić information content (AvgIpc) is 2.19. The molecule has 2 rings (SSSR count). The second-order valence-corrected chi connectivity index (χ2v) is 3.80. The Labute approximate surface area is 92.1 Å². The number of nitrogens with two attached hydrogens (primary N) is 1. The molecule has 4 heteroatoms. The van der Waals surface area contributed by atoms with Gasteiger partial charge < -0.3 is 5.73 Å². The maximum absolute atomic E-state index is 13.7. The Hall–Kier alpha value is -1.97. The third-order valence-electron chi connectivity index (χ3n) is 2.49. The molecule has 0 saturated carbocycles. The summed E-state index contributed by atoms with van der Waals surface area (Å²) in [4.78, 5) is 15.1. The molecule has 0 aliphatic carbocycles. The Morgan fingerprint density at radius 1 is 1.31 bits per heavy atom. The van der Waals surface area contributed by atoms with E-state index < -0.39 is 11.7 Å². The lowest BCUT2D eigenvalue weighted by atomic mass is 10.1. The molecule has 0 spiro atoms. The lowest BCUT2D eigenvalue weighted by Crippen LogP contribution is -2.11. The normalized spacial score (nSPS) is 10.7. The molecule has 2 N–H and O–H groups in total. The number of benzene rings is 1. The molecule has 82 valence electrons. The number of amides is 1. The first-order valence-electron chi connectivity index (χ1n) is 4.86. The van der Waals surface area contributed by atoms with Crippen LogP contribution in [0.5, 0.6) is 0 Å². The number of carbonyl (C=O) groups excluding carboxylic acids is 1. The van der Waals surface area contributed by atoms with Gasteiger partial charge in [-0.3, -0.25) is 9.78 Å². The second-order valence-electron chi connectivity index (χ2n) is 3.80. The third-order valence-corrected chi connectivity index (χ3v) is 2.49. The van der Waals surface area contributed by atoms with Gasteiger partial charge >= 0.3 is 0 Å². The smallest absolute Gasteiger partial charge is 0.248 e. The zero-order valence-corrected chi connectivity index (χ0v) is 9.04. The largest absolute Gasteiger partial charge is 0.366 e. The molecule has 0 radical (unpaired) electrons. The minimum Gasteiger partial charge on any atom is -0.366 e. The van der Waals surface area contributed by atoms with Gasteiger partial charge in [0, 0.05) is 16.6 Å². The van der Waals surface area contributed by atoms with Crippen molar-refractivity contribution >= 4 is 16.8 Å². The van der Waals surface area contributed by atoms with E-state index in [-0.39, 0.29) is 11.1 Å². The number of carbonyl (C=O) groups is 1. The van der Waals surface area contributed by atoms with Crippen LogP contribution in [0.25, 0.3) is 10.9 Å². The van der Waals surface area contributed by atoms with Gasteiger partial charge in [-0.2, -0.15) is 0 Å². The lowest BCUT2D eigenvalue weighted by molar-refractivity contribution is 0.1000. The number of pyridine rings is 1. The summed E-state index contributed by atoms with van der Waals surface area (Å²) >= 11 is 0. The van der Waals surface area contributed by atoms with Crippen molar-refractivity contribution in [2.45, 2.75) is 13.8 Å². The minimum absolute atomic E-state index is 0.166. The Morgan fingerprint density at radius 3 is 2.62 bits per heavy atom. The van der Waals surface area contributed by atoms with Crippen LogP contribution in [0.15, 0.2) is 18.2 Å². The summed E-state index contributed by atoms with van der Waals surface area (Å²) in [6.45, 7) is 3.65. The van der Waals surface area contributed by atoms with E-state index in [9.17, 15) is 9.18 Å². The van der Waals surface area contributed by atoms with Crippen molar-refractivity contribution in [3.05, 3.63) is 40.8 Å². The third kappa shape index (κ3) is 1.62. The first kappa shape index (κ1) is 10.5. The van der Waals surface area contributed by atoms with Crippen molar-refractivity contribution in [3.63, 3.8) is 0 Å². The highest BCUT2D eigenvalue weighted by molar-refractivity contribution is 5.97. The summed E-state index contributed by atoms with van der Waals surface area (Å²) in [6.07, 6.45) is 0. The summed E-state index contributed by atoms with van der Waals surface area (Å²) in [7, 11) is 0. The van der Waals surface area contributed by atoms with Crippen molar-refractivity contribution in [2.75, 3.05) is 0 Å². The monoisotopic (exact) mass is 218 g/mol. The number of hydrogen-bond donors (Lipinski definition) is 1. The molecule has 1 aromatic carbocycles. The van der Waals surface area contributed by atoms with Crippen LogP contribution in [0.2, 0.25) is 0 Å². The number of primary amides is 1. The van der Waals surface area contributed by atoms with Crippen molar-refractivity contribution < 1.29 is 9.18 Å². The Kier molecular flexibility index (Phi) is 2.34. The summed E-state index contributed by atoms with van der Waals surface area (Å²) in [5.74, 6) is -1.15. The van der Waals surface area contributed by atoms with Crippen molar-refractivity contribution in [2.24, 2.45) is 5.73 Å². The van der Waals surface area contributed by atoms with E-state index in [2.05, 4.69) is 4.98 Å². The van der Waals surface area contributed by atoms with Gasteiger partial charge in [0.1, 0.15) is 11.3 Å². The fourth-order valence-corrected chi connectivity index (χ4v) is 1.76. The molecule has 0 fully saturated rings. The summed E-state index contributed by atoms with van der Waals surface area (Å²) < 4.78 is 13.7. The minimum atomic E-state index is -0.638. The molecule has 0 unspecified atom stereocenters. The number of rotatable bonds is 1. The lowest BCUT2D eigenvalue weighted by Gasteiger charge is -2.06. The maximum Gasteiger partial charge on any atom is 0.248 e. The molecule has 16 heavy (non-hydrogen) atoms. The van der Waals surface area contributed by atoms with Gasteiger partial charge in [-0.25, -0.2) is 4.39 Å². The van der Waals surface area contributed by atoms with E-state index >= 15 is 0 Å². The molecule has 1 aromatic heterocycles. The van der Waals surface area contributed by atoms with Gasteiger partial charge in [-0.1, -0.05) is 0 Å². The Morgan fingerprint density at radius 2 is 2.00 bits per heavy atom. The highest BCUT2D eigenvalue weighted by atomic mass is 19.1. The molecular weight excluding hydrogens is 207 g/mol. The number of aryl methyl sites for hydroxylation is 2. The zero-order chi connectivity index (χ0) is 11.9. The predicted octanol–water partition coefficient (Wildman–Crippen LogP) is 2.09. The first-order chi connectivity index (χ1) is 7.49. The Bertz CT molecular complexity index is 593. The number of halogens is 1. The Balaban J connectivity index is 2.87. The number of nitrogens with zero attached hydrogens (tertiary/aromatic N) is 1. The molecule has 3 nitrogen and oxygen atoms in total. The molecule has 0 bridgehead atoms. The number of hydrogen-bond acceptors (Lipinski definition) is 2. The van der Waals surface area contributed by atoms with Crippen molar-refractivity contribution in [1.29, 1.82) is 0 Å². The van der Waals surface area contributed by atoms with Crippen LogP contribution in [0.1, 0.15) is 21.6 Å². The topological polar surface area (TPSA) is 56.0 Å². The first-order valence-corrected chi connectivity index (χ1v) is 4.86. The van der Waals surface area contributed by atoms with Crippen LogP contribution in [-0.4, -0.2) is 10.9 Å². The predicted molar refractivity (Wildman–Crippen MR) is 59.7 cm³/mol. The standard InChI is InChI=1S/C12H11FN2O/c1-6-3-7(2)15-11-9(6)4-8(12(14)16)5-10(11)13/h3-5H,1-2H3,(H2,14,16). The zero-order valence-electron chi connectivity index (χ0n) is 9.04. The van der Waals surface area contributed by atoms with Gasteiger partial charge in [-0.05, 0) is 37.6 Å². The van der Waals surface area contributed by atoms with Crippen molar-refractivity contribution in [1.82, 2.24) is 4.98 Å². The highest BCUT2D eigenvalue weighted by Crippen LogP contribution is 2.22. The van der Waals surface area contributed by atoms with Gasteiger partial charge in [-0.15, -0.1) is 0 Å². The van der Waals surface area contributed by atoms with Crippen LogP contribution >= 0.6 is 0 Å². The van der Waals surface area contributed by atoms with Crippen LogP contribution < -0.4 is 5.73 Å². The van der Waals surface area contributed by atoms with Gasteiger partial charge in [0.05, 0.1) is 0 Å². The van der Waals surface area contributed by atoms with Crippen LogP contribution in [0, 0.1) is 19.7 Å². The van der Waals surface area contributed by atoms with E-state index in [1.165, 1.54) is 0 Å². The summed E-state index contributed by atoms with van der Waals surface area (Å²) in [6, 6.07) is 4.53. The number of aromatic nitrogens is 1. The average molecular weight is 218 g/mol.